The smallest absolute Gasteiger partial charge is 0.308 e. The lowest BCUT2D eigenvalue weighted by Crippen LogP contribution is -2.50. The maximum Gasteiger partial charge on any atom is 0.308 e. The Hall–Kier alpha value is -1.10. The lowest BCUT2D eigenvalue weighted by atomic mass is 9.79. The molecule has 0 radical (unpaired) electrons. The second-order valence-corrected chi connectivity index (χ2v) is 3.46. The highest BCUT2D eigenvalue weighted by Gasteiger charge is 2.36. The average molecular weight is 200 g/mol. The largest absolute Gasteiger partial charge is 0.481 e. The minimum atomic E-state index is -0.773. The summed E-state index contributed by atoms with van der Waals surface area (Å²) in [7, 11) is 0. The van der Waals surface area contributed by atoms with E-state index in [0.717, 1.165) is 6.42 Å². The number of nitrogens with one attached hydrogen (secondary N) is 2. The van der Waals surface area contributed by atoms with E-state index >= 15 is 0 Å². The number of carbonyl (C=O) groups excluding carboxylic acids is 1. The molecule has 1 fully saturated rings. The Bertz CT molecular complexity index is 230. The second-order valence-electron chi connectivity index (χ2n) is 3.46. The van der Waals surface area contributed by atoms with Gasteiger partial charge < -0.3 is 15.7 Å². The van der Waals surface area contributed by atoms with E-state index in [9.17, 15) is 9.59 Å². The Morgan fingerprint density at radius 2 is 2.14 bits per heavy atom. The minimum absolute atomic E-state index is 0.0323. The molecule has 0 saturated heterocycles. The van der Waals surface area contributed by atoms with Gasteiger partial charge in [0.15, 0.2) is 0 Å². The number of hydrogen-bond acceptors (Lipinski definition) is 3. The third kappa shape index (κ3) is 2.70. The van der Waals surface area contributed by atoms with Gasteiger partial charge in [0.25, 0.3) is 0 Å². The molecular formula is C9H16N2O3. The first-order chi connectivity index (χ1) is 6.65. The third-order valence-electron chi connectivity index (χ3n) is 2.49. The van der Waals surface area contributed by atoms with Crippen molar-refractivity contribution in [3.63, 3.8) is 0 Å². The molecule has 0 bridgehead atoms. The standard InChI is InChI=1S/C9H16N2O3/c1-2-10-8(12)5-11-7-4-3-6(7)9(13)14/h6-7,11H,2-5H2,1H3,(H,10,12)(H,13,14). The number of likely N-dealkylation sites (N-methyl/N-ethyl adjacent to an activating group) is 1. The molecule has 0 aromatic rings. The monoisotopic (exact) mass is 200 g/mol. The number of aliphatic carboxylic acids is 1. The highest BCUT2D eigenvalue weighted by molar-refractivity contribution is 5.78. The molecule has 5 heteroatoms. The normalized spacial score (nSPS) is 25.2. The van der Waals surface area contributed by atoms with Crippen molar-refractivity contribution in [1.82, 2.24) is 10.6 Å². The van der Waals surface area contributed by atoms with Crippen molar-refractivity contribution in [3.05, 3.63) is 0 Å². The molecule has 0 aromatic carbocycles. The fraction of sp³-hybridized carbons (Fsp3) is 0.778. The van der Waals surface area contributed by atoms with E-state index in [1.807, 2.05) is 6.92 Å². The summed E-state index contributed by atoms with van der Waals surface area (Å²) < 4.78 is 0. The molecule has 1 aliphatic carbocycles. The Labute approximate surface area is 82.9 Å². The predicted molar refractivity (Wildman–Crippen MR) is 50.8 cm³/mol. The molecule has 0 heterocycles. The number of carbonyl (C=O) groups is 2. The molecule has 5 nitrogen and oxygen atoms in total. The van der Waals surface area contributed by atoms with E-state index in [1.54, 1.807) is 0 Å². The van der Waals surface area contributed by atoms with Gasteiger partial charge in [-0.1, -0.05) is 0 Å². The summed E-state index contributed by atoms with van der Waals surface area (Å²) in [6.07, 6.45) is 1.55. The highest BCUT2D eigenvalue weighted by atomic mass is 16.4. The van der Waals surface area contributed by atoms with Gasteiger partial charge in [-0.2, -0.15) is 0 Å². The lowest BCUT2D eigenvalue weighted by Gasteiger charge is -2.33. The van der Waals surface area contributed by atoms with E-state index in [0.29, 0.717) is 13.0 Å². The maximum atomic E-state index is 11.0. The van der Waals surface area contributed by atoms with Gasteiger partial charge in [0.05, 0.1) is 12.5 Å². The molecule has 80 valence electrons. The highest BCUT2D eigenvalue weighted by Crippen LogP contribution is 2.27. The van der Waals surface area contributed by atoms with Gasteiger partial charge in [-0.15, -0.1) is 0 Å². The SMILES string of the molecule is CCNC(=O)CNC1CCC1C(=O)O. The van der Waals surface area contributed by atoms with Crippen LogP contribution in [0.2, 0.25) is 0 Å². The quantitative estimate of drug-likeness (QED) is 0.563. The number of amides is 1. The molecule has 2 unspecified atom stereocenters. The zero-order chi connectivity index (χ0) is 10.6. The van der Waals surface area contributed by atoms with E-state index < -0.39 is 5.97 Å². The summed E-state index contributed by atoms with van der Waals surface area (Å²) in [6, 6.07) is -0.0323. The Kier molecular flexibility index (Phi) is 3.88. The predicted octanol–water partition coefficient (Wildman–Crippen LogP) is -0.425. The van der Waals surface area contributed by atoms with Crippen LogP contribution >= 0.6 is 0 Å². The van der Waals surface area contributed by atoms with E-state index in [1.165, 1.54) is 0 Å². The fourth-order valence-electron chi connectivity index (χ4n) is 1.52. The summed E-state index contributed by atoms with van der Waals surface area (Å²) in [5.41, 5.74) is 0. The molecule has 0 aliphatic heterocycles. The molecule has 1 aliphatic rings. The van der Waals surface area contributed by atoms with Gasteiger partial charge in [0.2, 0.25) is 5.91 Å². The van der Waals surface area contributed by atoms with Gasteiger partial charge in [0.1, 0.15) is 0 Å². The van der Waals surface area contributed by atoms with Crippen LogP contribution in [0.4, 0.5) is 0 Å². The maximum absolute atomic E-state index is 11.0. The van der Waals surface area contributed by atoms with Crippen molar-refractivity contribution >= 4 is 11.9 Å². The number of rotatable bonds is 5. The van der Waals surface area contributed by atoms with Crippen LogP contribution in [0.15, 0.2) is 0 Å². The van der Waals surface area contributed by atoms with Gasteiger partial charge >= 0.3 is 5.97 Å². The van der Waals surface area contributed by atoms with Crippen molar-refractivity contribution in [3.8, 4) is 0 Å². The summed E-state index contributed by atoms with van der Waals surface area (Å²) in [5, 5.41) is 14.3. The van der Waals surface area contributed by atoms with Gasteiger partial charge in [-0.05, 0) is 19.8 Å². The zero-order valence-electron chi connectivity index (χ0n) is 8.25. The molecule has 0 aromatic heterocycles. The van der Waals surface area contributed by atoms with Crippen molar-refractivity contribution in [2.24, 2.45) is 5.92 Å². The van der Waals surface area contributed by atoms with Gasteiger partial charge in [-0.3, -0.25) is 9.59 Å². The van der Waals surface area contributed by atoms with Gasteiger partial charge in [-0.25, -0.2) is 0 Å². The number of carboxylic acids is 1. The first kappa shape index (κ1) is 11.0. The Balaban J connectivity index is 2.19. The summed E-state index contributed by atoms with van der Waals surface area (Å²) in [5.74, 6) is -1.17. The van der Waals surface area contributed by atoms with Crippen LogP contribution in [-0.4, -0.2) is 36.1 Å². The fourth-order valence-corrected chi connectivity index (χ4v) is 1.52. The summed E-state index contributed by atoms with van der Waals surface area (Å²) in [4.78, 5) is 21.7. The van der Waals surface area contributed by atoms with E-state index in [-0.39, 0.29) is 24.4 Å². The molecule has 1 rings (SSSR count). The molecular weight excluding hydrogens is 184 g/mol. The van der Waals surface area contributed by atoms with Crippen LogP contribution in [0.1, 0.15) is 19.8 Å². The third-order valence-corrected chi connectivity index (χ3v) is 2.49. The topological polar surface area (TPSA) is 78.4 Å². The van der Waals surface area contributed by atoms with Crippen LogP contribution in [-0.2, 0) is 9.59 Å². The zero-order valence-corrected chi connectivity index (χ0v) is 8.25. The molecule has 1 amide bonds. The molecule has 14 heavy (non-hydrogen) atoms. The molecule has 1 saturated carbocycles. The van der Waals surface area contributed by atoms with Crippen LogP contribution in [0.25, 0.3) is 0 Å². The second kappa shape index (κ2) is 4.95. The average Bonchev–Trinajstić information content (AvgIpc) is 2.01. The van der Waals surface area contributed by atoms with Crippen molar-refractivity contribution in [2.75, 3.05) is 13.1 Å². The minimum Gasteiger partial charge on any atom is -0.481 e. The van der Waals surface area contributed by atoms with E-state index in [2.05, 4.69) is 10.6 Å². The molecule has 2 atom stereocenters. The Morgan fingerprint density at radius 1 is 1.43 bits per heavy atom. The van der Waals surface area contributed by atoms with Crippen LogP contribution in [0, 0.1) is 5.92 Å². The lowest BCUT2D eigenvalue weighted by molar-refractivity contribution is -0.146. The van der Waals surface area contributed by atoms with E-state index in [4.69, 9.17) is 5.11 Å². The van der Waals surface area contributed by atoms with Crippen molar-refractivity contribution in [2.45, 2.75) is 25.8 Å². The first-order valence-corrected chi connectivity index (χ1v) is 4.88. The first-order valence-electron chi connectivity index (χ1n) is 4.88. The van der Waals surface area contributed by atoms with Gasteiger partial charge in [0, 0.05) is 12.6 Å². The number of carboxylic acid groups (broad SMARTS) is 1. The molecule has 3 N–H and O–H groups in total. The molecule has 0 spiro atoms. The summed E-state index contributed by atoms with van der Waals surface area (Å²) >= 11 is 0. The number of hydrogen-bond donors (Lipinski definition) is 3. The van der Waals surface area contributed by atoms with Crippen LogP contribution in [0.3, 0.4) is 0 Å². The summed E-state index contributed by atoms with van der Waals surface area (Å²) in [6.45, 7) is 2.66. The van der Waals surface area contributed by atoms with Crippen molar-refractivity contribution < 1.29 is 14.7 Å². The van der Waals surface area contributed by atoms with Crippen molar-refractivity contribution in [1.29, 1.82) is 0 Å². The Morgan fingerprint density at radius 3 is 2.57 bits per heavy atom. The van der Waals surface area contributed by atoms with Crippen LogP contribution < -0.4 is 10.6 Å². The van der Waals surface area contributed by atoms with Crippen LogP contribution in [0.5, 0.6) is 0 Å².